The molecule has 0 unspecified atom stereocenters. The van der Waals surface area contributed by atoms with Gasteiger partial charge in [0, 0.05) is 44.0 Å². The van der Waals surface area contributed by atoms with E-state index in [-0.39, 0.29) is 11.2 Å². The minimum Gasteiger partial charge on any atom is -0.379 e. The summed E-state index contributed by atoms with van der Waals surface area (Å²) in [5.74, 6) is 0.744. The summed E-state index contributed by atoms with van der Waals surface area (Å²) in [7, 11) is 0. The molecule has 1 atom stereocenters. The van der Waals surface area contributed by atoms with Crippen molar-refractivity contribution >= 4 is 5.82 Å². The van der Waals surface area contributed by atoms with Crippen LogP contribution in [0.4, 0.5) is 10.2 Å². The monoisotopic (exact) mass is 356 g/mol. The van der Waals surface area contributed by atoms with Gasteiger partial charge in [-0.3, -0.25) is 9.88 Å². The first-order valence-electron chi connectivity index (χ1n) is 9.28. The molecule has 1 aromatic carbocycles. The molecule has 4 rings (SSSR count). The molecule has 138 valence electrons. The van der Waals surface area contributed by atoms with Crippen molar-refractivity contribution in [3.8, 4) is 0 Å². The van der Waals surface area contributed by atoms with Crippen molar-refractivity contribution < 1.29 is 9.13 Å². The van der Waals surface area contributed by atoms with Gasteiger partial charge in [-0.1, -0.05) is 12.1 Å². The third kappa shape index (κ3) is 4.02. The highest BCUT2D eigenvalue weighted by Crippen LogP contribution is 2.34. The second-order valence-electron chi connectivity index (χ2n) is 7.48. The van der Waals surface area contributed by atoms with Crippen LogP contribution >= 0.6 is 0 Å². The largest absolute Gasteiger partial charge is 0.379 e. The molecule has 2 aromatic rings. The zero-order chi connectivity index (χ0) is 17.8. The molecule has 6 heteroatoms. The predicted molar refractivity (Wildman–Crippen MR) is 98.4 cm³/mol. The Morgan fingerprint density at radius 3 is 2.81 bits per heavy atom. The van der Waals surface area contributed by atoms with Crippen LogP contribution in [0.3, 0.4) is 0 Å². The highest BCUT2D eigenvalue weighted by Gasteiger charge is 2.39. The van der Waals surface area contributed by atoms with E-state index in [1.807, 2.05) is 18.3 Å². The van der Waals surface area contributed by atoms with Crippen molar-refractivity contribution in [2.24, 2.45) is 5.41 Å². The number of anilines is 1. The fourth-order valence-corrected chi connectivity index (χ4v) is 4.18. The van der Waals surface area contributed by atoms with E-state index in [0.717, 1.165) is 70.2 Å². The van der Waals surface area contributed by atoms with Gasteiger partial charge >= 0.3 is 0 Å². The molecule has 0 radical (unpaired) electrons. The number of nitrogens with zero attached hydrogens (tertiary/aromatic N) is 4. The van der Waals surface area contributed by atoms with E-state index in [0.29, 0.717) is 0 Å². The number of likely N-dealkylation sites (tertiary alicyclic amines) is 1. The first kappa shape index (κ1) is 17.4. The highest BCUT2D eigenvalue weighted by atomic mass is 19.1. The molecule has 2 aliphatic rings. The first-order chi connectivity index (χ1) is 12.7. The minimum absolute atomic E-state index is 0.103. The number of benzene rings is 1. The maximum atomic E-state index is 13.2. The average Bonchev–Trinajstić information content (AvgIpc) is 2.87. The van der Waals surface area contributed by atoms with Gasteiger partial charge in [0.2, 0.25) is 0 Å². The number of halogens is 1. The van der Waals surface area contributed by atoms with E-state index in [2.05, 4.69) is 19.8 Å². The van der Waals surface area contributed by atoms with Crippen LogP contribution in [0, 0.1) is 11.2 Å². The lowest BCUT2D eigenvalue weighted by molar-refractivity contribution is 0.0106. The zero-order valence-electron chi connectivity index (χ0n) is 15.0. The molecule has 0 amide bonds. The molecule has 0 saturated carbocycles. The number of hydrogen-bond donors (Lipinski definition) is 0. The summed E-state index contributed by atoms with van der Waals surface area (Å²) < 4.78 is 19.1. The standard InChI is InChI=1S/C20H25FN4O/c21-18-4-2-17(3-5-18)13-24-9-1-6-20(14-24)15-25(10-11-26-16-20)19-12-22-7-8-23-19/h2-5,7-8,12H,1,6,9-11,13-16H2/t20-/m0/s1. The zero-order valence-corrected chi connectivity index (χ0v) is 15.0. The number of hydrogen-bond acceptors (Lipinski definition) is 5. The Morgan fingerprint density at radius 1 is 1.12 bits per heavy atom. The third-order valence-corrected chi connectivity index (χ3v) is 5.37. The molecule has 2 saturated heterocycles. The molecular formula is C20H25FN4O. The summed E-state index contributed by atoms with van der Waals surface area (Å²) >= 11 is 0. The van der Waals surface area contributed by atoms with Crippen LogP contribution in [-0.4, -0.2) is 54.3 Å². The third-order valence-electron chi connectivity index (χ3n) is 5.37. The van der Waals surface area contributed by atoms with Crippen LogP contribution in [0.15, 0.2) is 42.9 Å². The SMILES string of the molecule is Fc1ccc(CN2CCC[C@]3(COCCN(c4cnccn4)C3)C2)cc1. The number of piperidine rings is 1. The molecule has 3 heterocycles. The summed E-state index contributed by atoms with van der Waals surface area (Å²) in [6.07, 6.45) is 7.59. The summed E-state index contributed by atoms with van der Waals surface area (Å²) in [6.45, 7) is 6.20. The van der Waals surface area contributed by atoms with Crippen molar-refractivity contribution in [2.75, 3.05) is 44.3 Å². The van der Waals surface area contributed by atoms with Gasteiger partial charge in [-0.25, -0.2) is 9.37 Å². The molecule has 1 aromatic heterocycles. The molecule has 26 heavy (non-hydrogen) atoms. The van der Waals surface area contributed by atoms with E-state index in [9.17, 15) is 4.39 Å². The van der Waals surface area contributed by atoms with Gasteiger partial charge in [-0.2, -0.15) is 0 Å². The fraction of sp³-hybridized carbons (Fsp3) is 0.500. The maximum Gasteiger partial charge on any atom is 0.147 e. The minimum atomic E-state index is -0.180. The van der Waals surface area contributed by atoms with Crippen molar-refractivity contribution in [3.63, 3.8) is 0 Å². The van der Waals surface area contributed by atoms with Crippen LogP contribution < -0.4 is 4.90 Å². The van der Waals surface area contributed by atoms with Gasteiger partial charge in [0.05, 0.1) is 19.4 Å². The average molecular weight is 356 g/mol. The van der Waals surface area contributed by atoms with Gasteiger partial charge in [0.15, 0.2) is 0 Å². The van der Waals surface area contributed by atoms with Crippen LogP contribution in [0.2, 0.25) is 0 Å². The van der Waals surface area contributed by atoms with Crippen LogP contribution in [0.25, 0.3) is 0 Å². The van der Waals surface area contributed by atoms with E-state index in [4.69, 9.17) is 4.74 Å². The molecule has 2 fully saturated rings. The second kappa shape index (κ2) is 7.68. The maximum absolute atomic E-state index is 13.2. The number of ether oxygens (including phenoxy) is 1. The van der Waals surface area contributed by atoms with E-state index >= 15 is 0 Å². The van der Waals surface area contributed by atoms with Crippen molar-refractivity contribution in [3.05, 3.63) is 54.2 Å². The van der Waals surface area contributed by atoms with Crippen LogP contribution in [0.5, 0.6) is 0 Å². The number of aromatic nitrogens is 2. The Hall–Kier alpha value is -2.05. The molecule has 0 N–H and O–H groups in total. The Balaban J connectivity index is 1.48. The smallest absolute Gasteiger partial charge is 0.147 e. The molecule has 1 spiro atoms. The van der Waals surface area contributed by atoms with Gasteiger partial charge in [0.25, 0.3) is 0 Å². The quantitative estimate of drug-likeness (QED) is 0.846. The Labute approximate surface area is 153 Å². The Kier molecular flexibility index (Phi) is 5.13. The predicted octanol–water partition coefficient (Wildman–Crippen LogP) is 2.73. The molecule has 5 nitrogen and oxygen atoms in total. The highest BCUT2D eigenvalue weighted by molar-refractivity contribution is 5.36. The topological polar surface area (TPSA) is 41.5 Å². The summed E-state index contributed by atoms with van der Waals surface area (Å²) in [5.41, 5.74) is 1.26. The van der Waals surface area contributed by atoms with Crippen molar-refractivity contribution in [1.29, 1.82) is 0 Å². The van der Waals surface area contributed by atoms with Crippen molar-refractivity contribution in [1.82, 2.24) is 14.9 Å². The summed E-state index contributed by atoms with van der Waals surface area (Å²) in [6, 6.07) is 6.84. The first-order valence-corrected chi connectivity index (χ1v) is 9.28. The molecule has 0 aliphatic carbocycles. The van der Waals surface area contributed by atoms with Gasteiger partial charge < -0.3 is 9.64 Å². The van der Waals surface area contributed by atoms with E-state index in [1.54, 1.807) is 24.5 Å². The van der Waals surface area contributed by atoms with Crippen LogP contribution in [0.1, 0.15) is 18.4 Å². The Bertz CT molecular complexity index is 712. The lowest BCUT2D eigenvalue weighted by atomic mass is 9.80. The van der Waals surface area contributed by atoms with Gasteiger partial charge in [-0.15, -0.1) is 0 Å². The molecular weight excluding hydrogens is 331 g/mol. The second-order valence-corrected chi connectivity index (χ2v) is 7.48. The number of rotatable bonds is 3. The van der Waals surface area contributed by atoms with Gasteiger partial charge in [-0.05, 0) is 37.1 Å². The normalized spacial score (nSPS) is 24.6. The molecule has 0 bridgehead atoms. The lowest BCUT2D eigenvalue weighted by Gasteiger charge is -2.43. The van der Waals surface area contributed by atoms with E-state index < -0.39 is 0 Å². The summed E-state index contributed by atoms with van der Waals surface area (Å²) in [5, 5.41) is 0. The Morgan fingerprint density at radius 2 is 2.00 bits per heavy atom. The van der Waals surface area contributed by atoms with Crippen LogP contribution in [-0.2, 0) is 11.3 Å². The van der Waals surface area contributed by atoms with E-state index in [1.165, 1.54) is 0 Å². The van der Waals surface area contributed by atoms with Crippen molar-refractivity contribution in [2.45, 2.75) is 19.4 Å². The summed E-state index contributed by atoms with van der Waals surface area (Å²) in [4.78, 5) is 13.5. The fourth-order valence-electron chi connectivity index (χ4n) is 4.18. The lowest BCUT2D eigenvalue weighted by Crippen LogP contribution is -2.50. The van der Waals surface area contributed by atoms with Gasteiger partial charge in [0.1, 0.15) is 11.6 Å². The molecule has 2 aliphatic heterocycles.